The smallest absolute Gasteiger partial charge is 0.308 e. The molecule has 0 radical (unpaired) electrons. The molecule has 0 saturated carbocycles. The molecule has 80 valence electrons. The first kappa shape index (κ1) is 9.35. The molecule has 0 saturated heterocycles. The number of halogens is 1. The van der Waals surface area contributed by atoms with E-state index in [9.17, 15) is 4.79 Å². The number of pyridine rings is 2. The fourth-order valence-corrected chi connectivity index (χ4v) is 1.78. The van der Waals surface area contributed by atoms with Gasteiger partial charge in [0.2, 0.25) is 0 Å². The standard InChI is InChI=1S/C10H6ClN3O2/c1-14-10(15)9-7(16-14)4-6-8(13-9)5(11)2-3-12-6/h2-4H,1H3. The largest absolute Gasteiger partial charge is 0.374 e. The molecule has 3 heterocycles. The summed E-state index contributed by atoms with van der Waals surface area (Å²) < 4.78 is 6.33. The van der Waals surface area contributed by atoms with Gasteiger partial charge in [0.1, 0.15) is 5.52 Å². The third-order valence-corrected chi connectivity index (χ3v) is 2.66. The molecular weight excluding hydrogens is 230 g/mol. The van der Waals surface area contributed by atoms with Crippen LogP contribution in [0.4, 0.5) is 0 Å². The molecule has 0 amide bonds. The molecule has 5 nitrogen and oxygen atoms in total. The molecule has 0 aliphatic heterocycles. The van der Waals surface area contributed by atoms with Crippen LogP contribution in [0.1, 0.15) is 0 Å². The first-order valence-electron chi connectivity index (χ1n) is 4.58. The molecule has 0 unspecified atom stereocenters. The van der Waals surface area contributed by atoms with Gasteiger partial charge in [-0.2, -0.15) is 4.74 Å². The number of aromatic nitrogens is 3. The lowest BCUT2D eigenvalue weighted by Crippen LogP contribution is -2.09. The maximum Gasteiger partial charge on any atom is 0.308 e. The summed E-state index contributed by atoms with van der Waals surface area (Å²) in [6.07, 6.45) is 1.58. The van der Waals surface area contributed by atoms with E-state index in [1.807, 2.05) is 0 Å². The van der Waals surface area contributed by atoms with E-state index >= 15 is 0 Å². The number of rotatable bonds is 0. The number of aryl methyl sites for hydroxylation is 1. The number of hydrogen-bond donors (Lipinski definition) is 0. The maximum atomic E-state index is 11.6. The Morgan fingerprint density at radius 1 is 1.44 bits per heavy atom. The third kappa shape index (κ3) is 1.15. The molecule has 0 bridgehead atoms. The van der Waals surface area contributed by atoms with Crippen LogP contribution in [0.15, 0.2) is 27.6 Å². The summed E-state index contributed by atoms with van der Waals surface area (Å²) in [5.74, 6) is 0. The van der Waals surface area contributed by atoms with Gasteiger partial charge in [-0.05, 0) is 6.07 Å². The first-order valence-corrected chi connectivity index (χ1v) is 4.96. The van der Waals surface area contributed by atoms with Crippen LogP contribution in [0, 0.1) is 0 Å². The number of fused-ring (bicyclic) bond motifs is 2. The second-order valence-electron chi connectivity index (χ2n) is 3.39. The summed E-state index contributed by atoms with van der Waals surface area (Å²) in [6, 6.07) is 3.29. The van der Waals surface area contributed by atoms with Crippen LogP contribution in [-0.2, 0) is 7.05 Å². The minimum absolute atomic E-state index is 0.268. The summed E-state index contributed by atoms with van der Waals surface area (Å²) in [5.41, 5.74) is 1.51. The van der Waals surface area contributed by atoms with Gasteiger partial charge in [0.25, 0.3) is 0 Å². The van der Waals surface area contributed by atoms with Crippen molar-refractivity contribution in [2.45, 2.75) is 0 Å². The lowest BCUT2D eigenvalue weighted by Gasteiger charge is -1.96. The monoisotopic (exact) mass is 235 g/mol. The van der Waals surface area contributed by atoms with Crippen molar-refractivity contribution in [3.63, 3.8) is 0 Å². The Balaban J connectivity index is 2.59. The Labute approximate surface area is 94.2 Å². The zero-order valence-electron chi connectivity index (χ0n) is 8.27. The first-order chi connectivity index (χ1) is 7.66. The van der Waals surface area contributed by atoms with E-state index in [4.69, 9.17) is 16.1 Å². The van der Waals surface area contributed by atoms with Gasteiger partial charge >= 0.3 is 5.56 Å². The summed E-state index contributed by atoms with van der Waals surface area (Å²) in [5, 5.41) is 0.468. The van der Waals surface area contributed by atoms with Gasteiger partial charge in [0.05, 0.1) is 10.5 Å². The van der Waals surface area contributed by atoms with E-state index < -0.39 is 0 Å². The normalized spacial score (nSPS) is 11.4. The van der Waals surface area contributed by atoms with Gasteiger partial charge < -0.3 is 4.52 Å². The predicted molar refractivity (Wildman–Crippen MR) is 59.6 cm³/mol. The van der Waals surface area contributed by atoms with Crippen LogP contribution in [0.3, 0.4) is 0 Å². The van der Waals surface area contributed by atoms with Crippen LogP contribution in [0.5, 0.6) is 0 Å². The van der Waals surface area contributed by atoms with Crippen LogP contribution >= 0.6 is 11.6 Å². The minimum Gasteiger partial charge on any atom is -0.374 e. The Hall–Kier alpha value is -1.88. The molecular formula is C10H6ClN3O2. The summed E-state index contributed by atoms with van der Waals surface area (Å²) >= 11 is 5.97. The molecule has 0 aliphatic carbocycles. The van der Waals surface area contributed by atoms with Gasteiger partial charge in [-0.1, -0.05) is 11.6 Å². The molecule has 0 fully saturated rings. The van der Waals surface area contributed by atoms with Crippen molar-refractivity contribution in [2.75, 3.05) is 0 Å². The molecule has 0 atom stereocenters. The van der Waals surface area contributed by atoms with Gasteiger partial charge in [-0.15, -0.1) is 0 Å². The summed E-state index contributed by atoms with van der Waals surface area (Å²) in [7, 11) is 1.53. The molecule has 0 aliphatic rings. The van der Waals surface area contributed by atoms with E-state index in [1.54, 1.807) is 18.3 Å². The highest BCUT2D eigenvalue weighted by atomic mass is 35.5. The average Bonchev–Trinajstić information content (AvgIpc) is 2.53. The number of hydrogen-bond acceptors (Lipinski definition) is 4. The van der Waals surface area contributed by atoms with Gasteiger partial charge in [-0.3, -0.25) is 9.78 Å². The van der Waals surface area contributed by atoms with Crippen molar-refractivity contribution in [3.05, 3.63) is 33.7 Å². The van der Waals surface area contributed by atoms with Crippen molar-refractivity contribution in [3.8, 4) is 0 Å². The zero-order valence-corrected chi connectivity index (χ0v) is 9.02. The Morgan fingerprint density at radius 2 is 2.25 bits per heavy atom. The van der Waals surface area contributed by atoms with Crippen LogP contribution in [-0.4, -0.2) is 14.7 Å². The van der Waals surface area contributed by atoms with Crippen molar-refractivity contribution >= 4 is 33.7 Å². The van der Waals surface area contributed by atoms with Crippen molar-refractivity contribution in [1.82, 2.24) is 14.7 Å². The molecule has 16 heavy (non-hydrogen) atoms. The van der Waals surface area contributed by atoms with E-state index in [1.165, 1.54) is 7.05 Å². The second-order valence-corrected chi connectivity index (χ2v) is 3.80. The lowest BCUT2D eigenvalue weighted by atomic mass is 10.3. The lowest BCUT2D eigenvalue weighted by molar-refractivity contribution is 0.324. The van der Waals surface area contributed by atoms with Crippen LogP contribution < -0.4 is 5.56 Å². The fraction of sp³-hybridized carbons (Fsp3) is 0.100. The average molecular weight is 236 g/mol. The third-order valence-electron chi connectivity index (χ3n) is 2.35. The van der Waals surface area contributed by atoms with Gasteiger partial charge in [0.15, 0.2) is 11.1 Å². The van der Waals surface area contributed by atoms with Crippen LogP contribution in [0.2, 0.25) is 5.02 Å². The zero-order chi connectivity index (χ0) is 11.3. The Kier molecular flexibility index (Phi) is 1.79. The fourth-order valence-electron chi connectivity index (χ4n) is 1.58. The quantitative estimate of drug-likeness (QED) is 0.595. The van der Waals surface area contributed by atoms with Crippen molar-refractivity contribution in [1.29, 1.82) is 0 Å². The van der Waals surface area contributed by atoms with E-state index in [-0.39, 0.29) is 11.1 Å². The van der Waals surface area contributed by atoms with E-state index in [2.05, 4.69) is 9.97 Å². The van der Waals surface area contributed by atoms with Crippen LogP contribution in [0.25, 0.3) is 22.1 Å². The minimum atomic E-state index is -0.281. The van der Waals surface area contributed by atoms with Gasteiger partial charge in [0, 0.05) is 19.3 Å². The maximum absolute atomic E-state index is 11.6. The Bertz CT molecular complexity index is 760. The molecule has 3 aromatic rings. The molecule has 0 aromatic carbocycles. The highest BCUT2D eigenvalue weighted by Gasteiger charge is 2.11. The van der Waals surface area contributed by atoms with Crippen molar-refractivity contribution < 1.29 is 4.52 Å². The van der Waals surface area contributed by atoms with Crippen molar-refractivity contribution in [2.24, 2.45) is 7.05 Å². The topological polar surface area (TPSA) is 60.9 Å². The van der Waals surface area contributed by atoms with E-state index in [0.717, 1.165) is 4.74 Å². The summed E-state index contributed by atoms with van der Waals surface area (Å²) in [6.45, 7) is 0. The SMILES string of the molecule is Cn1oc2cc3nccc(Cl)c3nc2c1=O. The summed E-state index contributed by atoms with van der Waals surface area (Å²) in [4.78, 5) is 19.9. The second kappa shape index (κ2) is 3.05. The van der Waals surface area contributed by atoms with E-state index in [0.29, 0.717) is 21.6 Å². The molecule has 6 heteroatoms. The number of nitrogens with zero attached hydrogens (tertiary/aromatic N) is 3. The predicted octanol–water partition coefficient (Wildman–Crippen LogP) is 1.73. The highest BCUT2D eigenvalue weighted by molar-refractivity contribution is 6.34. The highest BCUT2D eigenvalue weighted by Crippen LogP contribution is 2.22. The van der Waals surface area contributed by atoms with Gasteiger partial charge in [-0.25, -0.2) is 4.98 Å². The molecule has 3 aromatic heterocycles. The Morgan fingerprint density at radius 3 is 3.06 bits per heavy atom. The molecule has 0 spiro atoms. The molecule has 0 N–H and O–H groups in total. The molecule has 3 rings (SSSR count).